The van der Waals surface area contributed by atoms with E-state index in [0.717, 1.165) is 11.3 Å². The molecule has 0 aliphatic carbocycles. The molecular weight excluding hydrogens is 206 g/mol. The van der Waals surface area contributed by atoms with Crippen molar-refractivity contribution in [2.75, 3.05) is 18.1 Å². The van der Waals surface area contributed by atoms with E-state index >= 15 is 0 Å². The van der Waals surface area contributed by atoms with E-state index in [0.29, 0.717) is 0 Å². The Bertz CT molecular complexity index is 418. The van der Waals surface area contributed by atoms with E-state index in [4.69, 9.17) is 4.74 Å². The van der Waals surface area contributed by atoms with E-state index in [-0.39, 0.29) is 13.2 Å². The maximum Gasteiger partial charge on any atom is 0.415 e. The summed E-state index contributed by atoms with van der Waals surface area (Å²) in [5.74, 6) is 0. The zero-order valence-electron chi connectivity index (χ0n) is 9.43. The van der Waals surface area contributed by atoms with Crippen molar-refractivity contribution in [3.05, 3.63) is 29.8 Å². The van der Waals surface area contributed by atoms with Gasteiger partial charge in [0.15, 0.2) is 0 Å². The average molecular weight is 221 g/mol. The molecule has 1 atom stereocenters. The van der Waals surface area contributed by atoms with Crippen LogP contribution in [0.2, 0.25) is 0 Å². The van der Waals surface area contributed by atoms with Gasteiger partial charge in [-0.15, -0.1) is 0 Å². The number of nitrogens with zero attached hydrogens (tertiary/aromatic N) is 1. The lowest BCUT2D eigenvalue weighted by Gasteiger charge is -2.30. The average Bonchev–Trinajstić information content (AvgIpc) is 2.57. The van der Waals surface area contributed by atoms with Crippen molar-refractivity contribution in [3.8, 4) is 0 Å². The van der Waals surface area contributed by atoms with Crippen LogP contribution in [0.4, 0.5) is 10.5 Å². The minimum atomic E-state index is -0.663. The molecule has 0 spiro atoms. The minimum Gasteiger partial charge on any atom is -0.447 e. The SMILES string of the molecule is Cc1ccccc1N1C(=O)OCC1(C)CO. The summed E-state index contributed by atoms with van der Waals surface area (Å²) >= 11 is 0. The number of carbonyl (C=O) groups is 1. The van der Waals surface area contributed by atoms with Crippen LogP contribution in [0.1, 0.15) is 12.5 Å². The summed E-state index contributed by atoms with van der Waals surface area (Å²) in [7, 11) is 0. The molecule has 86 valence electrons. The second-order valence-electron chi connectivity index (χ2n) is 4.33. The highest BCUT2D eigenvalue weighted by molar-refractivity contribution is 5.92. The van der Waals surface area contributed by atoms with Crippen molar-refractivity contribution in [1.82, 2.24) is 0 Å². The first-order chi connectivity index (χ1) is 7.58. The van der Waals surface area contributed by atoms with Crippen LogP contribution in [0.25, 0.3) is 0 Å². The van der Waals surface area contributed by atoms with Crippen molar-refractivity contribution in [1.29, 1.82) is 0 Å². The molecule has 1 aromatic rings. The fourth-order valence-electron chi connectivity index (χ4n) is 1.89. The van der Waals surface area contributed by atoms with E-state index in [1.165, 1.54) is 4.90 Å². The first-order valence-corrected chi connectivity index (χ1v) is 5.22. The van der Waals surface area contributed by atoms with Crippen LogP contribution < -0.4 is 4.90 Å². The molecule has 1 N–H and O–H groups in total. The largest absolute Gasteiger partial charge is 0.447 e. The fourth-order valence-corrected chi connectivity index (χ4v) is 1.89. The predicted molar refractivity (Wildman–Crippen MR) is 60.5 cm³/mol. The van der Waals surface area contributed by atoms with E-state index < -0.39 is 11.6 Å². The van der Waals surface area contributed by atoms with Crippen LogP contribution in [-0.2, 0) is 4.74 Å². The van der Waals surface area contributed by atoms with Gasteiger partial charge in [-0.1, -0.05) is 18.2 Å². The van der Waals surface area contributed by atoms with Crippen LogP contribution in [-0.4, -0.2) is 30.0 Å². The molecule has 1 aliphatic heterocycles. The highest BCUT2D eigenvalue weighted by Gasteiger charge is 2.44. The summed E-state index contributed by atoms with van der Waals surface area (Å²) in [6, 6.07) is 7.57. The smallest absolute Gasteiger partial charge is 0.415 e. The molecule has 1 fully saturated rings. The van der Waals surface area contributed by atoms with Crippen molar-refractivity contribution >= 4 is 11.8 Å². The lowest BCUT2D eigenvalue weighted by Crippen LogP contribution is -2.48. The number of cyclic esters (lactones) is 1. The maximum atomic E-state index is 11.7. The molecule has 0 aromatic heterocycles. The Balaban J connectivity index is 2.46. The molecule has 1 aromatic carbocycles. The quantitative estimate of drug-likeness (QED) is 0.827. The number of hydrogen-bond acceptors (Lipinski definition) is 3. The number of aliphatic hydroxyl groups is 1. The molecule has 0 saturated carbocycles. The second-order valence-corrected chi connectivity index (χ2v) is 4.33. The van der Waals surface area contributed by atoms with Gasteiger partial charge < -0.3 is 9.84 Å². The highest BCUT2D eigenvalue weighted by Crippen LogP contribution is 2.32. The summed E-state index contributed by atoms with van der Waals surface area (Å²) in [6.07, 6.45) is -0.397. The number of anilines is 1. The number of benzene rings is 1. The second kappa shape index (κ2) is 3.79. The monoisotopic (exact) mass is 221 g/mol. The summed E-state index contributed by atoms with van der Waals surface area (Å²) in [5.41, 5.74) is 1.12. The van der Waals surface area contributed by atoms with Gasteiger partial charge in [-0.3, -0.25) is 4.90 Å². The third-order valence-corrected chi connectivity index (χ3v) is 2.93. The van der Waals surface area contributed by atoms with Gasteiger partial charge in [0, 0.05) is 0 Å². The Morgan fingerprint density at radius 2 is 2.19 bits per heavy atom. The summed E-state index contributed by atoms with van der Waals surface area (Å²) in [6.45, 7) is 3.84. The first-order valence-electron chi connectivity index (χ1n) is 5.22. The number of rotatable bonds is 2. The third-order valence-electron chi connectivity index (χ3n) is 2.93. The zero-order valence-corrected chi connectivity index (χ0v) is 9.43. The molecule has 1 unspecified atom stereocenters. The Hall–Kier alpha value is -1.55. The number of ether oxygens (including phenoxy) is 1. The standard InChI is InChI=1S/C12H15NO3/c1-9-5-3-4-6-10(9)13-11(15)16-8-12(13,2)7-14/h3-6,14H,7-8H2,1-2H3. The van der Waals surface area contributed by atoms with Crippen molar-refractivity contribution in [2.24, 2.45) is 0 Å². The van der Waals surface area contributed by atoms with E-state index in [2.05, 4.69) is 0 Å². The Labute approximate surface area is 94.4 Å². The van der Waals surface area contributed by atoms with Gasteiger partial charge in [-0.25, -0.2) is 4.79 Å². The van der Waals surface area contributed by atoms with Gasteiger partial charge in [0.25, 0.3) is 0 Å². The highest BCUT2D eigenvalue weighted by atomic mass is 16.6. The molecule has 4 nitrogen and oxygen atoms in total. The Morgan fingerprint density at radius 3 is 2.81 bits per heavy atom. The minimum absolute atomic E-state index is 0.118. The van der Waals surface area contributed by atoms with Crippen molar-refractivity contribution < 1.29 is 14.6 Å². The van der Waals surface area contributed by atoms with Gasteiger partial charge >= 0.3 is 6.09 Å². The number of carbonyl (C=O) groups excluding carboxylic acids is 1. The topological polar surface area (TPSA) is 49.8 Å². The summed E-state index contributed by atoms with van der Waals surface area (Å²) in [4.78, 5) is 13.2. The van der Waals surface area contributed by atoms with Crippen LogP contribution in [0.5, 0.6) is 0 Å². The molecule has 4 heteroatoms. The van der Waals surface area contributed by atoms with Crippen LogP contribution in [0, 0.1) is 6.92 Å². The number of hydrogen-bond donors (Lipinski definition) is 1. The number of para-hydroxylation sites is 1. The number of aryl methyl sites for hydroxylation is 1. The van der Waals surface area contributed by atoms with Gasteiger partial charge in [0.1, 0.15) is 12.1 Å². The van der Waals surface area contributed by atoms with Gasteiger partial charge in [0.2, 0.25) is 0 Å². The molecule has 1 aliphatic rings. The molecule has 2 rings (SSSR count). The molecule has 1 amide bonds. The summed E-state index contributed by atoms with van der Waals surface area (Å²) < 4.78 is 5.01. The Morgan fingerprint density at radius 1 is 1.50 bits per heavy atom. The maximum absolute atomic E-state index is 11.7. The van der Waals surface area contributed by atoms with E-state index in [1.807, 2.05) is 38.1 Å². The van der Waals surface area contributed by atoms with Crippen LogP contribution in [0.3, 0.4) is 0 Å². The van der Waals surface area contributed by atoms with Gasteiger partial charge in [-0.2, -0.15) is 0 Å². The molecule has 0 bridgehead atoms. The lowest BCUT2D eigenvalue weighted by molar-refractivity contribution is 0.155. The lowest BCUT2D eigenvalue weighted by atomic mass is 10.0. The third kappa shape index (κ3) is 1.55. The first kappa shape index (κ1) is 11.0. The number of aliphatic hydroxyl groups excluding tert-OH is 1. The fraction of sp³-hybridized carbons (Fsp3) is 0.417. The van der Waals surface area contributed by atoms with E-state index in [1.54, 1.807) is 0 Å². The summed E-state index contributed by atoms with van der Waals surface area (Å²) in [5, 5.41) is 9.39. The predicted octanol–water partition coefficient (Wildman–Crippen LogP) is 1.70. The van der Waals surface area contributed by atoms with Crippen molar-refractivity contribution in [3.63, 3.8) is 0 Å². The van der Waals surface area contributed by atoms with Gasteiger partial charge in [0.05, 0.1) is 12.3 Å². The zero-order chi connectivity index (χ0) is 11.8. The molecule has 16 heavy (non-hydrogen) atoms. The molecular formula is C12H15NO3. The van der Waals surface area contributed by atoms with Gasteiger partial charge in [-0.05, 0) is 25.5 Å². The van der Waals surface area contributed by atoms with Crippen LogP contribution in [0.15, 0.2) is 24.3 Å². The van der Waals surface area contributed by atoms with E-state index in [9.17, 15) is 9.90 Å². The Kier molecular flexibility index (Phi) is 2.59. The number of amides is 1. The normalized spacial score (nSPS) is 24.7. The molecule has 0 radical (unpaired) electrons. The van der Waals surface area contributed by atoms with Crippen molar-refractivity contribution in [2.45, 2.75) is 19.4 Å². The molecule has 1 saturated heterocycles. The van der Waals surface area contributed by atoms with Crippen LogP contribution >= 0.6 is 0 Å². The molecule has 1 heterocycles.